The lowest BCUT2D eigenvalue weighted by molar-refractivity contribution is 0.0713. The number of piperidine rings is 1. The molecule has 1 aromatic carbocycles. The van der Waals surface area contributed by atoms with Crippen molar-refractivity contribution in [3.63, 3.8) is 0 Å². The van der Waals surface area contributed by atoms with E-state index in [1.807, 2.05) is 11.0 Å². The van der Waals surface area contributed by atoms with E-state index in [4.69, 9.17) is 0 Å². The monoisotopic (exact) mass is 255 g/mol. The van der Waals surface area contributed by atoms with E-state index in [2.05, 4.69) is 34.5 Å². The second kappa shape index (κ2) is 5.26. The van der Waals surface area contributed by atoms with Crippen molar-refractivity contribution in [1.29, 1.82) is 0 Å². The van der Waals surface area contributed by atoms with Crippen LogP contribution in [0.5, 0.6) is 0 Å². The zero-order valence-electron chi connectivity index (χ0n) is 10.7. The largest absolute Gasteiger partial charge is 0.339 e. The molecule has 2 heterocycles. The van der Waals surface area contributed by atoms with Crippen LogP contribution < -0.4 is 0 Å². The van der Waals surface area contributed by atoms with Gasteiger partial charge in [0.1, 0.15) is 0 Å². The Balaban J connectivity index is 1.62. The topological polar surface area (TPSA) is 49.0 Å². The van der Waals surface area contributed by atoms with Gasteiger partial charge in [-0.1, -0.05) is 30.3 Å². The highest BCUT2D eigenvalue weighted by Crippen LogP contribution is 2.28. The minimum atomic E-state index is 0.0836. The van der Waals surface area contributed by atoms with Gasteiger partial charge in [0.25, 0.3) is 5.91 Å². The third-order valence-electron chi connectivity index (χ3n) is 3.80. The first-order valence-electron chi connectivity index (χ1n) is 6.67. The molecule has 0 unspecified atom stereocenters. The van der Waals surface area contributed by atoms with Crippen LogP contribution in [-0.4, -0.2) is 34.1 Å². The van der Waals surface area contributed by atoms with Crippen LogP contribution in [0.1, 0.15) is 34.7 Å². The Bertz CT molecular complexity index is 528. The maximum absolute atomic E-state index is 12.2. The Labute approximate surface area is 112 Å². The summed E-state index contributed by atoms with van der Waals surface area (Å²) >= 11 is 0. The Morgan fingerprint density at radius 3 is 2.58 bits per heavy atom. The van der Waals surface area contributed by atoms with E-state index in [1.54, 1.807) is 12.4 Å². The normalized spacial score (nSPS) is 16.5. The third-order valence-corrected chi connectivity index (χ3v) is 3.80. The predicted molar refractivity (Wildman–Crippen MR) is 72.9 cm³/mol. The van der Waals surface area contributed by atoms with Gasteiger partial charge >= 0.3 is 0 Å². The summed E-state index contributed by atoms with van der Waals surface area (Å²) in [5.41, 5.74) is 2.04. The smallest absolute Gasteiger partial charge is 0.257 e. The van der Waals surface area contributed by atoms with E-state index in [9.17, 15) is 4.79 Å². The summed E-state index contributed by atoms with van der Waals surface area (Å²) in [6, 6.07) is 10.6. The lowest BCUT2D eigenvalue weighted by Gasteiger charge is -2.32. The fourth-order valence-corrected chi connectivity index (χ4v) is 2.69. The highest BCUT2D eigenvalue weighted by Gasteiger charge is 2.24. The second-order valence-corrected chi connectivity index (χ2v) is 4.96. The number of nitrogens with one attached hydrogen (secondary N) is 1. The molecule has 1 aromatic heterocycles. The SMILES string of the molecule is O=C(c1cn[nH]c1)N1CCC(c2ccccc2)CC1. The molecular formula is C15H17N3O. The summed E-state index contributed by atoms with van der Waals surface area (Å²) in [5.74, 6) is 0.662. The van der Waals surface area contributed by atoms with Crippen molar-refractivity contribution < 1.29 is 4.79 Å². The van der Waals surface area contributed by atoms with Crippen LogP contribution in [0.2, 0.25) is 0 Å². The van der Waals surface area contributed by atoms with E-state index >= 15 is 0 Å². The Morgan fingerprint density at radius 2 is 1.95 bits per heavy atom. The number of rotatable bonds is 2. The molecule has 1 saturated heterocycles. The zero-order valence-corrected chi connectivity index (χ0v) is 10.7. The van der Waals surface area contributed by atoms with Gasteiger partial charge in [0, 0.05) is 19.3 Å². The van der Waals surface area contributed by atoms with Gasteiger partial charge in [-0.25, -0.2) is 0 Å². The molecule has 1 aliphatic heterocycles. The number of aromatic nitrogens is 2. The van der Waals surface area contributed by atoms with E-state index < -0.39 is 0 Å². The van der Waals surface area contributed by atoms with Gasteiger partial charge in [0.05, 0.1) is 11.8 Å². The van der Waals surface area contributed by atoms with Gasteiger partial charge in [-0.05, 0) is 24.3 Å². The number of nitrogens with zero attached hydrogens (tertiary/aromatic N) is 2. The fourth-order valence-electron chi connectivity index (χ4n) is 2.69. The van der Waals surface area contributed by atoms with Crippen LogP contribution in [0.3, 0.4) is 0 Å². The highest BCUT2D eigenvalue weighted by atomic mass is 16.2. The summed E-state index contributed by atoms with van der Waals surface area (Å²) in [7, 11) is 0. The minimum absolute atomic E-state index is 0.0836. The lowest BCUT2D eigenvalue weighted by atomic mass is 9.89. The molecule has 98 valence electrons. The van der Waals surface area contributed by atoms with Crippen LogP contribution >= 0.6 is 0 Å². The van der Waals surface area contributed by atoms with E-state index in [1.165, 1.54) is 5.56 Å². The van der Waals surface area contributed by atoms with Crippen molar-refractivity contribution in [2.45, 2.75) is 18.8 Å². The summed E-state index contributed by atoms with van der Waals surface area (Å²) in [5, 5.41) is 6.51. The van der Waals surface area contributed by atoms with Gasteiger partial charge in [-0.15, -0.1) is 0 Å². The molecule has 0 saturated carbocycles. The number of amides is 1. The van der Waals surface area contributed by atoms with E-state index in [0.717, 1.165) is 25.9 Å². The minimum Gasteiger partial charge on any atom is -0.339 e. The molecule has 0 bridgehead atoms. The summed E-state index contributed by atoms with van der Waals surface area (Å²) in [6.07, 6.45) is 5.32. The van der Waals surface area contributed by atoms with Crippen LogP contribution in [0.4, 0.5) is 0 Å². The number of carbonyl (C=O) groups excluding carboxylic acids is 1. The molecule has 1 N–H and O–H groups in total. The van der Waals surface area contributed by atoms with Crippen molar-refractivity contribution in [3.05, 3.63) is 53.9 Å². The van der Waals surface area contributed by atoms with Crippen molar-refractivity contribution in [1.82, 2.24) is 15.1 Å². The Kier molecular flexibility index (Phi) is 3.31. The molecule has 19 heavy (non-hydrogen) atoms. The summed E-state index contributed by atoms with van der Waals surface area (Å²) in [6.45, 7) is 1.65. The number of hydrogen-bond donors (Lipinski definition) is 1. The average Bonchev–Trinajstić information content (AvgIpc) is 3.02. The van der Waals surface area contributed by atoms with Crippen LogP contribution in [0.25, 0.3) is 0 Å². The number of hydrogen-bond acceptors (Lipinski definition) is 2. The first kappa shape index (κ1) is 12.0. The van der Waals surface area contributed by atoms with Gasteiger partial charge in [-0.3, -0.25) is 9.89 Å². The molecule has 0 atom stereocenters. The molecule has 3 rings (SSSR count). The molecule has 1 fully saturated rings. The summed E-state index contributed by atoms with van der Waals surface area (Å²) < 4.78 is 0. The first-order chi connectivity index (χ1) is 9.34. The number of benzene rings is 1. The molecule has 1 aliphatic rings. The molecule has 0 aliphatic carbocycles. The Hall–Kier alpha value is -2.10. The van der Waals surface area contributed by atoms with Gasteiger partial charge in [-0.2, -0.15) is 5.10 Å². The maximum atomic E-state index is 12.2. The maximum Gasteiger partial charge on any atom is 0.257 e. The average molecular weight is 255 g/mol. The van der Waals surface area contributed by atoms with E-state index in [-0.39, 0.29) is 5.91 Å². The predicted octanol–water partition coefficient (Wildman–Crippen LogP) is 2.43. The molecule has 0 radical (unpaired) electrons. The molecule has 2 aromatic rings. The second-order valence-electron chi connectivity index (χ2n) is 4.96. The van der Waals surface area contributed by atoms with Crippen LogP contribution in [0, 0.1) is 0 Å². The van der Waals surface area contributed by atoms with E-state index in [0.29, 0.717) is 11.5 Å². The first-order valence-corrected chi connectivity index (χ1v) is 6.67. The van der Waals surface area contributed by atoms with Crippen molar-refractivity contribution in [2.75, 3.05) is 13.1 Å². The number of likely N-dealkylation sites (tertiary alicyclic amines) is 1. The third kappa shape index (κ3) is 2.52. The van der Waals surface area contributed by atoms with Crippen LogP contribution in [0.15, 0.2) is 42.7 Å². The fraction of sp³-hybridized carbons (Fsp3) is 0.333. The number of aromatic amines is 1. The molecule has 1 amide bonds. The summed E-state index contributed by atoms with van der Waals surface area (Å²) in [4.78, 5) is 14.1. The van der Waals surface area contributed by atoms with Crippen molar-refractivity contribution >= 4 is 5.91 Å². The standard InChI is InChI=1S/C15H17N3O/c19-15(14-10-16-17-11-14)18-8-6-13(7-9-18)12-4-2-1-3-5-12/h1-5,10-11,13H,6-9H2,(H,16,17). The van der Waals surface area contributed by atoms with Crippen molar-refractivity contribution in [3.8, 4) is 0 Å². The molecule has 4 nitrogen and oxygen atoms in total. The number of carbonyl (C=O) groups is 1. The highest BCUT2D eigenvalue weighted by molar-refractivity contribution is 5.93. The van der Waals surface area contributed by atoms with Crippen molar-refractivity contribution in [2.24, 2.45) is 0 Å². The van der Waals surface area contributed by atoms with Gasteiger partial charge in [0.2, 0.25) is 0 Å². The quantitative estimate of drug-likeness (QED) is 0.896. The van der Waals surface area contributed by atoms with Crippen LogP contribution in [-0.2, 0) is 0 Å². The molecule has 4 heteroatoms. The molecular weight excluding hydrogens is 238 g/mol. The zero-order chi connectivity index (χ0) is 13.1. The van der Waals surface area contributed by atoms with Gasteiger partial charge in [0.15, 0.2) is 0 Å². The van der Waals surface area contributed by atoms with Gasteiger partial charge < -0.3 is 4.90 Å². The molecule has 0 spiro atoms. The Morgan fingerprint density at radius 1 is 1.21 bits per heavy atom. The lowest BCUT2D eigenvalue weighted by Crippen LogP contribution is -2.37. The number of H-pyrrole nitrogens is 1.